The number of halogens is 3. The normalized spacial score (nSPS) is 10.6. The smallest absolute Gasteiger partial charge is 0.123 e. The molecule has 628 valence electrons. The largest absolute Gasteiger partial charge is 0.497 e. The van der Waals surface area contributed by atoms with Gasteiger partial charge in [-0.15, -0.1) is 0 Å². The second-order valence-electron chi connectivity index (χ2n) is 35.6. The Hall–Kier alpha value is -7.56. The molecule has 0 aliphatic carbocycles. The molecule has 0 radical (unpaired) electrons. The van der Waals surface area contributed by atoms with E-state index in [1.54, 1.807) is 7.11 Å². The van der Waals surface area contributed by atoms with Crippen molar-refractivity contribution >= 4 is 23.2 Å². The quantitative estimate of drug-likeness (QED) is 0.0675. The number of rotatable bonds is 22. The van der Waals surface area contributed by atoms with Crippen LogP contribution in [-0.2, 0) is 63.2 Å². The number of aromatic nitrogens is 1. The number of hydrogen-bond acceptors (Lipinski definition) is 2. The maximum absolute atomic E-state index is 12.4. The Bertz CT molecular complexity index is 3680. The molecule has 10 rings (SSSR count). The zero-order valence-corrected chi connectivity index (χ0v) is 76.1. The van der Waals surface area contributed by atoms with Crippen molar-refractivity contribution in [2.24, 2.45) is 52.8 Å². The topological polar surface area (TPSA) is 22.1 Å². The molecule has 1 heterocycles. The van der Waals surface area contributed by atoms with Gasteiger partial charge in [0, 0.05) is 22.4 Å². The molecule has 0 aliphatic heterocycles. The van der Waals surface area contributed by atoms with Crippen LogP contribution in [0.3, 0.4) is 0 Å². The van der Waals surface area contributed by atoms with Gasteiger partial charge in [-0.05, 0) is 251 Å². The fourth-order valence-electron chi connectivity index (χ4n) is 11.6. The molecular weight excluding hydrogens is 1430 g/mol. The van der Waals surface area contributed by atoms with Gasteiger partial charge in [0.15, 0.2) is 0 Å². The highest BCUT2D eigenvalue weighted by Crippen LogP contribution is 2.25. The van der Waals surface area contributed by atoms with Crippen molar-refractivity contribution in [1.82, 2.24) is 4.98 Å². The first kappa shape index (κ1) is 108. The van der Waals surface area contributed by atoms with E-state index in [1.807, 2.05) is 79.1 Å². The fourth-order valence-corrected chi connectivity index (χ4v) is 12.0. The van der Waals surface area contributed by atoms with E-state index in [-0.39, 0.29) is 26.1 Å². The van der Waals surface area contributed by atoms with Crippen LogP contribution in [0.15, 0.2) is 267 Å². The van der Waals surface area contributed by atoms with Crippen LogP contribution >= 0.6 is 23.2 Å². The number of aryl methyl sites for hydroxylation is 2. The summed E-state index contributed by atoms with van der Waals surface area (Å²) in [7, 11) is 1.69. The number of hydrogen-bond donors (Lipinski definition) is 0. The summed E-state index contributed by atoms with van der Waals surface area (Å²) in [5, 5.41) is 1.71. The predicted molar refractivity (Wildman–Crippen MR) is 510 cm³/mol. The van der Waals surface area contributed by atoms with Gasteiger partial charge in [0.05, 0.1) is 7.11 Å². The summed E-state index contributed by atoms with van der Waals surface area (Å²) in [6, 6.07) is 86.8. The van der Waals surface area contributed by atoms with Crippen molar-refractivity contribution in [3.05, 3.63) is 344 Å². The van der Waals surface area contributed by atoms with Gasteiger partial charge in [0.1, 0.15) is 11.6 Å². The second-order valence-corrected chi connectivity index (χ2v) is 36.4. The number of ether oxygens (including phenoxy) is 1. The molecule has 9 aromatic carbocycles. The van der Waals surface area contributed by atoms with E-state index in [4.69, 9.17) is 27.9 Å². The fraction of sp³-hybridized carbons (Fsp3) is 0.459. The van der Waals surface area contributed by atoms with Crippen molar-refractivity contribution in [3.63, 3.8) is 0 Å². The molecule has 2 nitrogen and oxygen atoms in total. The highest BCUT2D eigenvalue weighted by molar-refractivity contribution is 6.31. The Labute approximate surface area is 711 Å². The van der Waals surface area contributed by atoms with Crippen molar-refractivity contribution in [2.75, 3.05) is 7.11 Å². The molecule has 0 unspecified atom stereocenters. The minimum Gasteiger partial charge on any atom is -0.497 e. The van der Waals surface area contributed by atoms with Crippen LogP contribution in [0.4, 0.5) is 4.39 Å². The van der Waals surface area contributed by atoms with Gasteiger partial charge in [-0.1, -0.05) is 410 Å². The zero-order chi connectivity index (χ0) is 83.9. The molecule has 10 aromatic rings. The first-order valence-corrected chi connectivity index (χ1v) is 42.7. The van der Waals surface area contributed by atoms with Crippen LogP contribution < -0.4 is 4.74 Å². The van der Waals surface area contributed by atoms with Crippen LogP contribution in [0, 0.1) is 58.6 Å². The van der Waals surface area contributed by atoms with Gasteiger partial charge in [-0.2, -0.15) is 0 Å². The minimum absolute atomic E-state index is 0. The first-order valence-electron chi connectivity index (χ1n) is 41.9. The molecule has 0 saturated heterocycles. The van der Waals surface area contributed by atoms with E-state index in [9.17, 15) is 4.39 Å². The second kappa shape index (κ2) is 63.6. The van der Waals surface area contributed by atoms with Crippen molar-refractivity contribution in [2.45, 2.75) is 269 Å². The molecule has 0 amide bonds. The van der Waals surface area contributed by atoms with E-state index in [1.165, 1.54) is 118 Å². The van der Waals surface area contributed by atoms with Crippen LogP contribution in [0.1, 0.15) is 267 Å². The van der Waals surface area contributed by atoms with E-state index in [0.29, 0.717) is 23.2 Å². The molecular formula is C109H160Cl2FNO. The van der Waals surface area contributed by atoms with E-state index < -0.39 is 0 Å². The van der Waals surface area contributed by atoms with Gasteiger partial charge in [0.2, 0.25) is 0 Å². The summed E-state index contributed by atoms with van der Waals surface area (Å²) in [4.78, 5) is 4.04. The molecule has 0 spiro atoms. The molecule has 0 N–H and O–H groups in total. The summed E-state index contributed by atoms with van der Waals surface area (Å²) in [5.74, 6) is 7.24. The standard InChI is InChI=1S/C14H22.C13H20.C11H16O.C11H16.2C10H13Cl.C10H13F.C10H14.C9H13N.C9H12.2CH4/c1-11(2)10-12-6-8-13(9-7-12)14(3,4)5;1-13(2,3)11-7-10-12-8-5-4-6-9-12;1-9(2)8-10-4-6-11(12-3)7-5-10;1-10(2)8-9-11-6-4-3-5-7-11;1-8(2)7-9-3-5-10(11)6-4-9;1-8(2)7-9-5-3-4-6-10(9)11;1-8(2)7-9-3-5-10(11)6-4-9;1-9(2)8-10-6-4-3-5-7-10;1-8(2)6-9-4-3-5-10-7-9;1-8(2)9-6-4-3-5-7-9;;/h6-9,11H,10H2,1-5H3;4-6,8-9H,7,10-11H2,1-3H3;4-7,9H,8H2,1-3H3;3-7,10H,8-9H2,1-2H3;3*3-6,8H,7H2,1-2H3;3-7,9H,8H2,1-2H3;3-5,7-8H,6H2,1-2H3;3-8H,1-2H3;2*1H4. The van der Waals surface area contributed by atoms with E-state index in [2.05, 4.69) is 347 Å². The monoisotopic (exact) mass is 1590 g/mol. The molecule has 5 heteroatoms. The summed E-state index contributed by atoms with van der Waals surface area (Å²) < 4.78 is 17.5. The molecule has 1 aromatic heterocycles. The highest BCUT2D eigenvalue weighted by atomic mass is 35.5. The average molecular weight is 1590 g/mol. The summed E-state index contributed by atoms with van der Waals surface area (Å²) >= 11 is 11.7. The van der Waals surface area contributed by atoms with E-state index >= 15 is 0 Å². The maximum atomic E-state index is 12.4. The van der Waals surface area contributed by atoms with Gasteiger partial charge in [-0.25, -0.2) is 4.39 Å². The first-order chi connectivity index (χ1) is 52.9. The number of pyridine rings is 1. The maximum Gasteiger partial charge on any atom is 0.123 e. The van der Waals surface area contributed by atoms with Crippen molar-refractivity contribution < 1.29 is 9.13 Å². The van der Waals surface area contributed by atoms with Crippen molar-refractivity contribution in [3.8, 4) is 5.75 Å². The van der Waals surface area contributed by atoms with Crippen LogP contribution in [-0.4, -0.2) is 12.1 Å². The minimum atomic E-state index is -0.155. The van der Waals surface area contributed by atoms with Gasteiger partial charge in [-0.3, -0.25) is 4.98 Å². The summed E-state index contributed by atoms with van der Waals surface area (Å²) in [6.45, 7) is 53.6. The Morgan fingerprint density at radius 2 is 0.675 bits per heavy atom. The van der Waals surface area contributed by atoms with Gasteiger partial charge >= 0.3 is 0 Å². The van der Waals surface area contributed by atoms with Gasteiger partial charge < -0.3 is 4.74 Å². The number of benzene rings is 9. The van der Waals surface area contributed by atoms with Crippen LogP contribution in [0.25, 0.3) is 0 Å². The number of nitrogens with zero attached hydrogens (tertiary/aromatic N) is 1. The molecule has 0 fully saturated rings. The Morgan fingerprint density at radius 3 is 1.02 bits per heavy atom. The lowest BCUT2D eigenvalue weighted by atomic mass is 9.86. The SMILES string of the molecule is C.C.CC(C)(C)CCCc1ccccc1.CC(C)CCc1ccccc1.CC(C)Cc1ccc(C(C)(C)C)cc1.CC(C)Cc1ccc(Cl)cc1.CC(C)Cc1ccc(F)cc1.CC(C)Cc1ccccc1.CC(C)Cc1ccccc1Cl.CC(C)Cc1cccnc1.CC(C)c1ccccc1.COc1ccc(CC(C)C)cc1. The Kier molecular flexibility index (Phi) is 60.6. The Morgan fingerprint density at radius 1 is 0.342 bits per heavy atom. The lowest BCUT2D eigenvalue weighted by molar-refractivity contribution is 0.365. The van der Waals surface area contributed by atoms with Gasteiger partial charge in [0.25, 0.3) is 0 Å². The molecule has 0 bridgehead atoms. The molecule has 0 aliphatic rings. The number of methoxy groups -OCH3 is 1. The third kappa shape index (κ3) is 60.9. The molecule has 0 atom stereocenters. The average Bonchev–Trinajstić information content (AvgIpc) is 0.854. The predicted octanol–water partition coefficient (Wildman–Crippen LogP) is 33.8. The summed E-state index contributed by atoms with van der Waals surface area (Å²) in [6.07, 6.45) is 18.0. The summed E-state index contributed by atoms with van der Waals surface area (Å²) in [5.41, 5.74) is 15.9. The van der Waals surface area contributed by atoms with E-state index in [0.717, 1.165) is 83.4 Å². The molecule has 0 saturated carbocycles. The third-order valence-corrected chi connectivity index (χ3v) is 18.0. The lowest BCUT2D eigenvalue weighted by Gasteiger charge is -2.19. The van der Waals surface area contributed by atoms with Crippen LogP contribution in [0.2, 0.25) is 10.0 Å². The lowest BCUT2D eigenvalue weighted by Crippen LogP contribution is -2.10. The van der Waals surface area contributed by atoms with Crippen LogP contribution in [0.5, 0.6) is 5.75 Å². The molecule has 114 heavy (non-hydrogen) atoms. The highest BCUT2D eigenvalue weighted by Gasteiger charge is 2.13. The van der Waals surface area contributed by atoms with Crippen molar-refractivity contribution in [1.29, 1.82) is 0 Å². The Balaban J connectivity index is 0. The zero-order valence-electron chi connectivity index (χ0n) is 74.6. The third-order valence-electron chi connectivity index (χ3n) is 17.4.